The molecule has 36 heavy (non-hydrogen) atoms. The number of carbonyl (C=O) groups excluding carboxylic acids is 1. The average molecular weight is 508 g/mol. The lowest BCUT2D eigenvalue weighted by molar-refractivity contribution is 0.0526. The number of methoxy groups -OCH3 is 2. The predicted molar refractivity (Wildman–Crippen MR) is 140 cm³/mol. The number of esters is 1. The molecule has 8 nitrogen and oxygen atoms in total. The summed E-state index contributed by atoms with van der Waals surface area (Å²) >= 11 is 1.50. The molecule has 0 aliphatic carbocycles. The van der Waals surface area contributed by atoms with Crippen molar-refractivity contribution in [2.24, 2.45) is 7.05 Å². The van der Waals surface area contributed by atoms with Crippen LogP contribution in [0.25, 0.3) is 22.0 Å². The number of carbonyl (C=O) groups is 1. The van der Waals surface area contributed by atoms with E-state index in [2.05, 4.69) is 4.98 Å². The summed E-state index contributed by atoms with van der Waals surface area (Å²) in [6.07, 6.45) is 3.62. The van der Waals surface area contributed by atoms with Crippen LogP contribution < -0.4 is 14.2 Å². The fourth-order valence-electron chi connectivity index (χ4n) is 3.98. The van der Waals surface area contributed by atoms with Crippen LogP contribution >= 0.6 is 11.8 Å². The Balaban J connectivity index is 1.99. The van der Waals surface area contributed by atoms with Crippen molar-refractivity contribution in [1.82, 2.24) is 14.5 Å². The predicted octanol–water partition coefficient (Wildman–Crippen LogP) is 5.52. The van der Waals surface area contributed by atoms with Crippen LogP contribution in [-0.4, -0.2) is 47.9 Å². The number of pyridine rings is 1. The van der Waals surface area contributed by atoms with Gasteiger partial charge in [-0.05, 0) is 37.6 Å². The Bertz CT molecular complexity index is 1370. The minimum atomic E-state index is -0.430. The number of benzene rings is 2. The molecule has 2 heterocycles. The van der Waals surface area contributed by atoms with Crippen LogP contribution in [0.1, 0.15) is 29.9 Å². The molecule has 0 saturated carbocycles. The molecule has 0 N–H and O–H groups in total. The Morgan fingerprint density at radius 1 is 1.03 bits per heavy atom. The topological polar surface area (TPSA) is 84.7 Å². The first-order valence-electron chi connectivity index (χ1n) is 11.6. The number of aromatic nitrogens is 3. The third-order valence-corrected chi connectivity index (χ3v) is 6.68. The zero-order valence-electron chi connectivity index (χ0n) is 21.0. The van der Waals surface area contributed by atoms with Crippen molar-refractivity contribution in [3.8, 4) is 28.4 Å². The van der Waals surface area contributed by atoms with Gasteiger partial charge < -0.3 is 23.5 Å². The standard InChI is InChI=1S/C27H29N3O5S/c1-6-34-18-10-8-17(9-11-18)24-19-14-22(32-4)23(33-5)15-20(19)29-21(25(24)26(31)35-7-2)16-36-27-28-12-13-30(27)3/h8-15H,6-7,16H2,1-5H3. The highest BCUT2D eigenvalue weighted by Crippen LogP contribution is 2.40. The minimum Gasteiger partial charge on any atom is -0.494 e. The molecule has 0 atom stereocenters. The smallest absolute Gasteiger partial charge is 0.340 e. The molecule has 0 bridgehead atoms. The number of fused-ring (bicyclic) bond motifs is 1. The molecule has 0 aliphatic heterocycles. The zero-order valence-corrected chi connectivity index (χ0v) is 21.8. The van der Waals surface area contributed by atoms with E-state index in [0.29, 0.717) is 40.6 Å². The van der Waals surface area contributed by atoms with Gasteiger partial charge in [0, 0.05) is 42.2 Å². The van der Waals surface area contributed by atoms with Crippen LogP contribution in [0.2, 0.25) is 0 Å². The van der Waals surface area contributed by atoms with E-state index in [1.807, 2.05) is 61.1 Å². The van der Waals surface area contributed by atoms with Gasteiger partial charge in [0.25, 0.3) is 0 Å². The lowest BCUT2D eigenvalue weighted by Gasteiger charge is -2.18. The van der Waals surface area contributed by atoms with Crippen LogP contribution in [0.3, 0.4) is 0 Å². The van der Waals surface area contributed by atoms with Crippen molar-refractivity contribution in [2.75, 3.05) is 27.4 Å². The summed E-state index contributed by atoms with van der Waals surface area (Å²) in [6.45, 7) is 4.54. The zero-order chi connectivity index (χ0) is 25.7. The molecule has 4 rings (SSSR count). The SMILES string of the molecule is CCOC(=O)c1c(CSc2nccn2C)nc2cc(OC)c(OC)cc2c1-c1ccc(OCC)cc1. The van der Waals surface area contributed by atoms with Gasteiger partial charge in [-0.3, -0.25) is 4.98 Å². The molecule has 4 aromatic rings. The summed E-state index contributed by atoms with van der Waals surface area (Å²) in [4.78, 5) is 22.7. The maximum Gasteiger partial charge on any atom is 0.340 e. The molecular formula is C27H29N3O5S. The Morgan fingerprint density at radius 2 is 1.75 bits per heavy atom. The molecule has 0 spiro atoms. The van der Waals surface area contributed by atoms with E-state index in [4.69, 9.17) is 23.9 Å². The summed E-state index contributed by atoms with van der Waals surface area (Å²) in [5, 5.41) is 1.58. The van der Waals surface area contributed by atoms with E-state index in [-0.39, 0.29) is 6.61 Å². The Hall–Kier alpha value is -3.72. The molecule has 0 unspecified atom stereocenters. The fraction of sp³-hybridized carbons (Fsp3) is 0.296. The molecule has 2 aromatic heterocycles. The molecule has 0 radical (unpaired) electrons. The molecule has 188 valence electrons. The second-order valence-corrected chi connectivity index (χ2v) is 8.76. The van der Waals surface area contributed by atoms with Crippen LogP contribution in [0, 0.1) is 0 Å². The summed E-state index contributed by atoms with van der Waals surface area (Å²) in [6, 6.07) is 11.3. The third-order valence-electron chi connectivity index (χ3n) is 5.61. The van der Waals surface area contributed by atoms with Gasteiger partial charge in [0.2, 0.25) is 0 Å². The van der Waals surface area contributed by atoms with Gasteiger partial charge in [-0.2, -0.15) is 0 Å². The normalized spacial score (nSPS) is 10.9. The van der Waals surface area contributed by atoms with Gasteiger partial charge in [-0.25, -0.2) is 9.78 Å². The van der Waals surface area contributed by atoms with Gasteiger partial charge in [-0.15, -0.1) is 0 Å². The molecule has 2 aromatic carbocycles. The number of hydrogen-bond acceptors (Lipinski definition) is 8. The van der Waals surface area contributed by atoms with Crippen molar-refractivity contribution in [3.05, 3.63) is 60.0 Å². The molecule has 0 amide bonds. The number of aryl methyl sites for hydroxylation is 1. The Labute approximate surface area is 214 Å². The van der Waals surface area contributed by atoms with Crippen LogP contribution in [0.4, 0.5) is 0 Å². The highest BCUT2D eigenvalue weighted by molar-refractivity contribution is 7.98. The number of ether oxygens (including phenoxy) is 4. The van der Waals surface area contributed by atoms with Gasteiger partial charge in [0.15, 0.2) is 16.7 Å². The Kier molecular flexibility index (Phi) is 8.00. The summed E-state index contributed by atoms with van der Waals surface area (Å²) in [5.74, 6) is 1.85. The molecule has 9 heteroatoms. The number of imidazole rings is 1. The van der Waals surface area contributed by atoms with Crippen LogP contribution in [0.15, 0.2) is 53.9 Å². The van der Waals surface area contributed by atoms with Crippen LogP contribution in [0.5, 0.6) is 17.2 Å². The van der Waals surface area contributed by atoms with Gasteiger partial charge in [-0.1, -0.05) is 23.9 Å². The maximum atomic E-state index is 13.4. The van der Waals surface area contributed by atoms with Crippen molar-refractivity contribution in [1.29, 1.82) is 0 Å². The summed E-state index contributed by atoms with van der Waals surface area (Å²) < 4.78 is 24.2. The summed E-state index contributed by atoms with van der Waals surface area (Å²) in [7, 11) is 5.09. The Morgan fingerprint density at radius 3 is 2.36 bits per heavy atom. The van der Waals surface area contributed by atoms with Crippen molar-refractivity contribution < 1.29 is 23.7 Å². The van der Waals surface area contributed by atoms with E-state index in [0.717, 1.165) is 27.4 Å². The average Bonchev–Trinajstić information content (AvgIpc) is 3.31. The van der Waals surface area contributed by atoms with E-state index < -0.39 is 5.97 Å². The third kappa shape index (κ3) is 5.11. The highest BCUT2D eigenvalue weighted by atomic mass is 32.2. The quantitative estimate of drug-likeness (QED) is 0.205. The van der Waals surface area contributed by atoms with Crippen molar-refractivity contribution in [3.63, 3.8) is 0 Å². The number of nitrogens with zero attached hydrogens (tertiary/aromatic N) is 3. The first-order valence-corrected chi connectivity index (χ1v) is 12.6. The molecular weight excluding hydrogens is 478 g/mol. The van der Waals surface area contributed by atoms with E-state index in [1.54, 1.807) is 27.3 Å². The number of thioether (sulfide) groups is 1. The van der Waals surface area contributed by atoms with Crippen molar-refractivity contribution >= 4 is 28.6 Å². The summed E-state index contributed by atoms with van der Waals surface area (Å²) in [5.41, 5.74) is 3.26. The lowest BCUT2D eigenvalue weighted by Crippen LogP contribution is -2.12. The van der Waals surface area contributed by atoms with E-state index in [1.165, 1.54) is 11.8 Å². The molecule has 0 fully saturated rings. The van der Waals surface area contributed by atoms with Gasteiger partial charge in [0.1, 0.15) is 5.75 Å². The van der Waals surface area contributed by atoms with E-state index >= 15 is 0 Å². The van der Waals surface area contributed by atoms with Gasteiger partial charge >= 0.3 is 5.97 Å². The minimum absolute atomic E-state index is 0.247. The molecule has 0 saturated heterocycles. The maximum absolute atomic E-state index is 13.4. The monoisotopic (exact) mass is 507 g/mol. The number of hydrogen-bond donors (Lipinski definition) is 0. The highest BCUT2D eigenvalue weighted by Gasteiger charge is 2.25. The largest absolute Gasteiger partial charge is 0.494 e. The first kappa shape index (κ1) is 25.4. The fourth-order valence-corrected chi connectivity index (χ4v) is 4.85. The first-order chi connectivity index (χ1) is 17.5. The number of rotatable bonds is 10. The van der Waals surface area contributed by atoms with E-state index in [9.17, 15) is 4.79 Å². The second-order valence-electron chi connectivity index (χ2n) is 7.82. The second kappa shape index (κ2) is 11.3. The molecule has 0 aliphatic rings. The van der Waals surface area contributed by atoms with Crippen molar-refractivity contribution in [2.45, 2.75) is 24.8 Å². The van der Waals surface area contributed by atoms with Crippen LogP contribution in [-0.2, 0) is 17.5 Å². The lowest BCUT2D eigenvalue weighted by atomic mass is 9.94. The van der Waals surface area contributed by atoms with Gasteiger partial charge in [0.05, 0.1) is 44.2 Å².